The molecule has 1 heterocycles. The fourth-order valence-electron chi connectivity index (χ4n) is 3.72. The van der Waals surface area contributed by atoms with Crippen molar-refractivity contribution in [1.29, 1.82) is 0 Å². The number of nitrogens with zero attached hydrogens (tertiary/aromatic N) is 1. The zero-order valence-corrected chi connectivity index (χ0v) is 11.4. The maximum absolute atomic E-state index is 6.18. The third-order valence-electron chi connectivity index (χ3n) is 4.97. The van der Waals surface area contributed by atoms with Crippen LogP contribution in [0.4, 0.5) is 0 Å². The summed E-state index contributed by atoms with van der Waals surface area (Å²) in [6.45, 7) is 5.63. The van der Waals surface area contributed by atoms with Gasteiger partial charge in [0.15, 0.2) is 0 Å². The van der Waals surface area contributed by atoms with E-state index in [9.17, 15) is 0 Å². The molecule has 0 bridgehead atoms. The lowest BCUT2D eigenvalue weighted by atomic mass is 9.77. The molecule has 0 amide bonds. The predicted molar refractivity (Wildman–Crippen MR) is 75.6 cm³/mol. The highest BCUT2D eigenvalue weighted by molar-refractivity contribution is 5.32. The Kier molecular flexibility index (Phi) is 3.16. The molecular formula is C16H24N2. The molecule has 1 aliphatic carbocycles. The van der Waals surface area contributed by atoms with Gasteiger partial charge in [-0.15, -0.1) is 0 Å². The molecular weight excluding hydrogens is 220 g/mol. The topological polar surface area (TPSA) is 29.3 Å². The summed E-state index contributed by atoms with van der Waals surface area (Å²) in [4.78, 5) is 2.67. The molecule has 1 aromatic rings. The van der Waals surface area contributed by atoms with Crippen molar-refractivity contribution >= 4 is 0 Å². The SMILES string of the molecule is CC1CCN(C2(CN)CCc3ccccc3C2)C1. The smallest absolute Gasteiger partial charge is 0.0375 e. The molecule has 1 fully saturated rings. The fraction of sp³-hybridized carbons (Fsp3) is 0.625. The van der Waals surface area contributed by atoms with Crippen LogP contribution >= 0.6 is 0 Å². The second-order valence-electron chi connectivity index (χ2n) is 6.21. The Balaban J connectivity index is 1.86. The summed E-state index contributed by atoms with van der Waals surface area (Å²) in [7, 11) is 0. The first kappa shape index (κ1) is 12.2. The Morgan fingerprint density at radius 3 is 2.78 bits per heavy atom. The van der Waals surface area contributed by atoms with E-state index in [0.717, 1.165) is 18.9 Å². The predicted octanol–water partition coefficient (Wildman–Crippen LogP) is 2.21. The summed E-state index contributed by atoms with van der Waals surface area (Å²) in [6, 6.07) is 8.89. The van der Waals surface area contributed by atoms with Gasteiger partial charge in [0.2, 0.25) is 0 Å². The Morgan fingerprint density at radius 1 is 1.33 bits per heavy atom. The van der Waals surface area contributed by atoms with E-state index in [-0.39, 0.29) is 5.54 Å². The molecule has 2 N–H and O–H groups in total. The number of benzene rings is 1. The number of nitrogens with two attached hydrogens (primary N) is 1. The first-order chi connectivity index (χ1) is 8.73. The summed E-state index contributed by atoms with van der Waals surface area (Å²) in [5.41, 5.74) is 9.47. The number of aryl methyl sites for hydroxylation is 1. The highest BCUT2D eigenvalue weighted by Gasteiger charge is 2.40. The average molecular weight is 244 g/mol. The maximum Gasteiger partial charge on any atom is 0.0375 e. The molecule has 2 nitrogen and oxygen atoms in total. The monoisotopic (exact) mass is 244 g/mol. The van der Waals surface area contributed by atoms with Crippen molar-refractivity contribution in [3.8, 4) is 0 Å². The van der Waals surface area contributed by atoms with E-state index in [2.05, 4.69) is 36.1 Å². The second-order valence-corrected chi connectivity index (χ2v) is 6.21. The minimum atomic E-state index is 0.235. The first-order valence-electron chi connectivity index (χ1n) is 7.25. The third kappa shape index (κ3) is 1.98. The van der Waals surface area contributed by atoms with E-state index < -0.39 is 0 Å². The van der Waals surface area contributed by atoms with Gasteiger partial charge in [0.1, 0.15) is 0 Å². The van der Waals surface area contributed by atoms with E-state index in [1.807, 2.05) is 0 Å². The van der Waals surface area contributed by atoms with Crippen LogP contribution in [0.5, 0.6) is 0 Å². The zero-order valence-electron chi connectivity index (χ0n) is 11.4. The number of fused-ring (bicyclic) bond motifs is 1. The Bertz CT molecular complexity index is 429. The molecule has 0 saturated carbocycles. The van der Waals surface area contributed by atoms with Gasteiger partial charge < -0.3 is 5.73 Å². The number of hydrogen-bond donors (Lipinski definition) is 1. The Labute approximate surface area is 110 Å². The number of likely N-dealkylation sites (tertiary alicyclic amines) is 1. The third-order valence-corrected chi connectivity index (χ3v) is 4.97. The Morgan fingerprint density at radius 2 is 2.11 bits per heavy atom. The summed E-state index contributed by atoms with van der Waals surface area (Å²) in [5.74, 6) is 0.839. The van der Waals surface area contributed by atoms with E-state index >= 15 is 0 Å². The van der Waals surface area contributed by atoms with Crippen molar-refractivity contribution in [2.45, 2.75) is 38.1 Å². The zero-order chi connectivity index (χ0) is 12.6. The lowest BCUT2D eigenvalue weighted by Crippen LogP contribution is -2.56. The standard InChI is InChI=1S/C16H24N2/c1-13-7-9-18(11-13)16(12-17)8-6-14-4-2-3-5-15(14)10-16/h2-5,13H,6-12,17H2,1H3. The van der Waals surface area contributed by atoms with E-state index in [1.165, 1.54) is 43.5 Å². The van der Waals surface area contributed by atoms with E-state index in [0.29, 0.717) is 0 Å². The van der Waals surface area contributed by atoms with Crippen molar-refractivity contribution < 1.29 is 0 Å². The van der Waals surface area contributed by atoms with Crippen molar-refractivity contribution in [1.82, 2.24) is 4.90 Å². The molecule has 3 rings (SSSR count). The van der Waals surface area contributed by atoms with Crippen LogP contribution in [0, 0.1) is 5.92 Å². The maximum atomic E-state index is 6.18. The van der Waals surface area contributed by atoms with Gasteiger partial charge in [-0.2, -0.15) is 0 Å². The molecule has 1 saturated heterocycles. The first-order valence-corrected chi connectivity index (χ1v) is 7.25. The largest absolute Gasteiger partial charge is 0.329 e. The lowest BCUT2D eigenvalue weighted by molar-refractivity contribution is 0.103. The van der Waals surface area contributed by atoms with Crippen LogP contribution in [-0.2, 0) is 12.8 Å². The molecule has 2 aliphatic rings. The quantitative estimate of drug-likeness (QED) is 0.864. The van der Waals surface area contributed by atoms with Gasteiger partial charge in [-0.1, -0.05) is 31.2 Å². The number of hydrogen-bond acceptors (Lipinski definition) is 2. The van der Waals surface area contributed by atoms with Gasteiger partial charge in [-0.05, 0) is 49.3 Å². The highest BCUT2D eigenvalue weighted by atomic mass is 15.2. The second kappa shape index (κ2) is 4.67. The highest BCUT2D eigenvalue weighted by Crippen LogP contribution is 2.35. The normalized spacial score (nSPS) is 32.4. The van der Waals surface area contributed by atoms with E-state index in [4.69, 9.17) is 5.73 Å². The summed E-state index contributed by atoms with van der Waals surface area (Å²) < 4.78 is 0. The average Bonchev–Trinajstić information content (AvgIpc) is 2.85. The molecule has 18 heavy (non-hydrogen) atoms. The molecule has 2 unspecified atom stereocenters. The molecule has 0 radical (unpaired) electrons. The summed E-state index contributed by atoms with van der Waals surface area (Å²) in [6.07, 6.45) is 4.90. The van der Waals surface area contributed by atoms with Gasteiger partial charge in [-0.3, -0.25) is 4.90 Å². The molecule has 0 spiro atoms. The summed E-state index contributed by atoms with van der Waals surface area (Å²) >= 11 is 0. The molecule has 1 aliphatic heterocycles. The molecule has 0 aromatic heterocycles. The van der Waals surface area contributed by atoms with Gasteiger partial charge in [0.25, 0.3) is 0 Å². The van der Waals surface area contributed by atoms with Crippen LogP contribution in [0.1, 0.15) is 30.9 Å². The van der Waals surface area contributed by atoms with Crippen molar-refractivity contribution in [3.05, 3.63) is 35.4 Å². The minimum absolute atomic E-state index is 0.235. The van der Waals surface area contributed by atoms with Gasteiger partial charge in [-0.25, -0.2) is 0 Å². The molecule has 98 valence electrons. The number of rotatable bonds is 2. The van der Waals surface area contributed by atoms with Crippen LogP contribution in [0.3, 0.4) is 0 Å². The van der Waals surface area contributed by atoms with Crippen LogP contribution < -0.4 is 5.73 Å². The van der Waals surface area contributed by atoms with Gasteiger partial charge >= 0.3 is 0 Å². The van der Waals surface area contributed by atoms with Crippen LogP contribution in [0.2, 0.25) is 0 Å². The van der Waals surface area contributed by atoms with Crippen LogP contribution in [0.15, 0.2) is 24.3 Å². The van der Waals surface area contributed by atoms with Crippen molar-refractivity contribution in [3.63, 3.8) is 0 Å². The van der Waals surface area contributed by atoms with E-state index in [1.54, 1.807) is 0 Å². The summed E-state index contributed by atoms with van der Waals surface area (Å²) in [5, 5.41) is 0. The van der Waals surface area contributed by atoms with Gasteiger partial charge in [0, 0.05) is 18.6 Å². The molecule has 1 aromatic carbocycles. The Hall–Kier alpha value is -0.860. The minimum Gasteiger partial charge on any atom is -0.329 e. The fourth-order valence-corrected chi connectivity index (χ4v) is 3.72. The van der Waals surface area contributed by atoms with Crippen molar-refractivity contribution in [2.24, 2.45) is 11.7 Å². The van der Waals surface area contributed by atoms with Gasteiger partial charge in [0.05, 0.1) is 0 Å². The molecule has 2 atom stereocenters. The van der Waals surface area contributed by atoms with Crippen LogP contribution in [-0.4, -0.2) is 30.1 Å². The molecule has 2 heteroatoms. The van der Waals surface area contributed by atoms with Crippen molar-refractivity contribution in [2.75, 3.05) is 19.6 Å². The van der Waals surface area contributed by atoms with Crippen LogP contribution in [0.25, 0.3) is 0 Å². The lowest BCUT2D eigenvalue weighted by Gasteiger charge is -2.44.